The van der Waals surface area contributed by atoms with Gasteiger partial charge in [0.25, 0.3) is 0 Å². The number of carbonyl (C=O) groups is 1. The Hall–Kier alpha value is -1.42. The van der Waals surface area contributed by atoms with Gasteiger partial charge in [0.2, 0.25) is 0 Å². The summed E-state index contributed by atoms with van der Waals surface area (Å²) < 4.78 is 26.0. The lowest BCUT2D eigenvalue weighted by Crippen LogP contribution is -2.29. The predicted molar refractivity (Wildman–Crippen MR) is 89.0 cm³/mol. The molecular weight excluding hydrogens is 301 g/mol. The summed E-state index contributed by atoms with van der Waals surface area (Å²) in [6.45, 7) is 12.2. The van der Waals surface area contributed by atoms with Crippen LogP contribution in [0.5, 0.6) is 0 Å². The van der Waals surface area contributed by atoms with Gasteiger partial charge < -0.3 is 9.26 Å². The first kappa shape index (κ1) is 18.6. The molecule has 1 aromatic carbocycles. The van der Waals surface area contributed by atoms with Crippen molar-refractivity contribution in [3.05, 3.63) is 36.4 Å². The predicted octanol–water partition coefficient (Wildman–Crippen LogP) is 3.42. The van der Waals surface area contributed by atoms with Crippen molar-refractivity contribution >= 4 is 24.6 Å². The minimum Gasteiger partial charge on any atom is -0.427 e. The van der Waals surface area contributed by atoms with Gasteiger partial charge in [0.15, 0.2) is 0 Å². The van der Waals surface area contributed by atoms with Gasteiger partial charge in [0, 0.05) is 25.6 Å². The molecule has 0 heterocycles. The molecule has 6 heteroatoms. The van der Waals surface area contributed by atoms with Gasteiger partial charge in [-0.1, -0.05) is 38.6 Å². The third-order valence-electron chi connectivity index (χ3n) is 3.18. The molecule has 0 radical (unpaired) electrons. The Kier molecular flexibility index (Phi) is 7.01. The van der Waals surface area contributed by atoms with Crippen molar-refractivity contribution in [1.82, 2.24) is 4.67 Å². The monoisotopic (exact) mass is 325 g/mol. The van der Waals surface area contributed by atoms with Gasteiger partial charge in [0.05, 0.1) is 11.9 Å². The first-order valence-corrected chi connectivity index (χ1v) is 8.95. The summed E-state index contributed by atoms with van der Waals surface area (Å²) in [6.07, 6.45) is 0. The molecule has 1 rings (SSSR count). The van der Waals surface area contributed by atoms with Gasteiger partial charge in [-0.2, -0.15) is 0 Å². The van der Waals surface area contributed by atoms with Crippen molar-refractivity contribution in [3.8, 4) is 0 Å². The number of esters is 1. The molecule has 0 spiro atoms. The summed E-state index contributed by atoms with van der Waals surface area (Å²) in [6, 6.07) is 7.04. The molecule has 0 fully saturated rings. The van der Waals surface area contributed by atoms with E-state index in [1.165, 1.54) is 6.92 Å². The third kappa shape index (κ3) is 4.07. The molecule has 22 heavy (non-hydrogen) atoms. The number of ether oxygens (including phenoxy) is 1. The summed E-state index contributed by atoms with van der Waals surface area (Å²) in [5.74, 6) is -0.288. The Labute approximate surface area is 132 Å². The SMILES string of the molecule is C=C(OC(C)=O)c1ccccc1P(=O)(OCC)N(CC)CC. The fourth-order valence-corrected chi connectivity index (χ4v) is 4.74. The molecule has 0 aliphatic carbocycles. The van der Waals surface area contributed by atoms with Gasteiger partial charge in [-0.3, -0.25) is 9.36 Å². The van der Waals surface area contributed by atoms with Crippen LogP contribution in [0.1, 0.15) is 33.3 Å². The van der Waals surface area contributed by atoms with Crippen molar-refractivity contribution in [1.29, 1.82) is 0 Å². The van der Waals surface area contributed by atoms with Crippen LogP contribution in [0.3, 0.4) is 0 Å². The van der Waals surface area contributed by atoms with Gasteiger partial charge >= 0.3 is 13.5 Å². The van der Waals surface area contributed by atoms with Crippen LogP contribution in [0.15, 0.2) is 30.8 Å². The summed E-state index contributed by atoms with van der Waals surface area (Å²) in [7, 11) is -3.24. The van der Waals surface area contributed by atoms with E-state index in [-0.39, 0.29) is 5.76 Å². The second kappa shape index (κ2) is 8.28. The van der Waals surface area contributed by atoms with Gasteiger partial charge in [-0.15, -0.1) is 0 Å². The van der Waals surface area contributed by atoms with E-state index in [0.29, 0.717) is 30.6 Å². The van der Waals surface area contributed by atoms with E-state index >= 15 is 0 Å². The number of hydrogen-bond donors (Lipinski definition) is 0. The zero-order valence-corrected chi connectivity index (χ0v) is 14.6. The second-order valence-electron chi connectivity index (χ2n) is 4.61. The zero-order chi connectivity index (χ0) is 16.8. The third-order valence-corrected chi connectivity index (χ3v) is 6.10. The minimum absolute atomic E-state index is 0.176. The maximum Gasteiger partial charge on any atom is 0.308 e. The van der Waals surface area contributed by atoms with Crippen molar-refractivity contribution in [2.45, 2.75) is 27.7 Å². The van der Waals surface area contributed by atoms with E-state index in [2.05, 4.69) is 6.58 Å². The number of rotatable bonds is 8. The smallest absolute Gasteiger partial charge is 0.308 e. The number of nitrogens with zero attached hydrogens (tertiary/aromatic N) is 1. The van der Waals surface area contributed by atoms with Crippen LogP contribution in [-0.4, -0.2) is 30.3 Å². The van der Waals surface area contributed by atoms with Crippen LogP contribution in [0.2, 0.25) is 0 Å². The van der Waals surface area contributed by atoms with Gasteiger partial charge in [0.1, 0.15) is 5.76 Å². The number of benzene rings is 1. The van der Waals surface area contributed by atoms with Crippen LogP contribution >= 0.6 is 7.52 Å². The summed E-state index contributed by atoms with van der Waals surface area (Å²) >= 11 is 0. The van der Waals surface area contributed by atoms with E-state index in [0.717, 1.165) is 0 Å². The van der Waals surface area contributed by atoms with Crippen molar-refractivity contribution in [2.24, 2.45) is 0 Å². The van der Waals surface area contributed by atoms with Crippen LogP contribution in [0.25, 0.3) is 5.76 Å². The highest BCUT2D eigenvalue weighted by atomic mass is 31.2. The van der Waals surface area contributed by atoms with Crippen LogP contribution in [0.4, 0.5) is 0 Å². The fourth-order valence-electron chi connectivity index (χ4n) is 2.26. The van der Waals surface area contributed by atoms with E-state index in [1.54, 1.807) is 35.9 Å². The Bertz CT molecular complexity index is 581. The van der Waals surface area contributed by atoms with E-state index in [9.17, 15) is 9.36 Å². The fraction of sp³-hybridized carbons (Fsp3) is 0.438. The lowest BCUT2D eigenvalue weighted by atomic mass is 10.2. The maximum atomic E-state index is 13.5. The molecule has 0 aromatic heterocycles. The van der Waals surface area contributed by atoms with Gasteiger partial charge in [-0.25, -0.2) is 4.67 Å². The Balaban J connectivity index is 3.41. The summed E-state index contributed by atoms with van der Waals surface area (Å²) in [4.78, 5) is 11.2. The molecule has 0 saturated carbocycles. The lowest BCUT2D eigenvalue weighted by molar-refractivity contribution is -0.134. The van der Waals surface area contributed by atoms with Crippen molar-refractivity contribution < 1.29 is 18.6 Å². The lowest BCUT2D eigenvalue weighted by Gasteiger charge is -2.30. The Morgan fingerprint density at radius 2 is 1.82 bits per heavy atom. The molecule has 1 unspecified atom stereocenters. The topological polar surface area (TPSA) is 55.8 Å². The minimum atomic E-state index is -3.24. The molecule has 0 aliphatic heterocycles. The highest BCUT2D eigenvalue weighted by Crippen LogP contribution is 2.50. The summed E-state index contributed by atoms with van der Waals surface area (Å²) in [5, 5.41) is 0.506. The first-order valence-electron chi connectivity index (χ1n) is 7.37. The molecule has 0 amide bonds. The average molecular weight is 325 g/mol. The van der Waals surface area contributed by atoms with E-state index < -0.39 is 13.5 Å². The number of hydrogen-bond acceptors (Lipinski definition) is 4. The van der Waals surface area contributed by atoms with E-state index in [1.807, 2.05) is 13.8 Å². The highest BCUT2D eigenvalue weighted by Gasteiger charge is 2.34. The quantitative estimate of drug-likeness (QED) is 0.416. The molecule has 1 aromatic rings. The highest BCUT2D eigenvalue weighted by molar-refractivity contribution is 7.64. The molecule has 5 nitrogen and oxygen atoms in total. The number of carbonyl (C=O) groups excluding carboxylic acids is 1. The standard InChI is InChI=1S/C16H24NO4P/c1-6-17(7-2)22(19,20-8-3)16-12-10-9-11-15(16)13(4)21-14(5)18/h9-12H,4,6-8H2,1-3,5H3. The van der Waals surface area contributed by atoms with Crippen molar-refractivity contribution in [2.75, 3.05) is 19.7 Å². The molecule has 0 saturated heterocycles. The zero-order valence-electron chi connectivity index (χ0n) is 13.7. The normalized spacial score (nSPS) is 13.7. The van der Waals surface area contributed by atoms with Crippen LogP contribution < -0.4 is 5.30 Å². The van der Waals surface area contributed by atoms with Crippen LogP contribution in [-0.2, 0) is 18.6 Å². The maximum absolute atomic E-state index is 13.5. The average Bonchev–Trinajstić information content (AvgIpc) is 2.48. The Morgan fingerprint density at radius 1 is 1.23 bits per heavy atom. The molecule has 0 bridgehead atoms. The van der Waals surface area contributed by atoms with E-state index in [4.69, 9.17) is 9.26 Å². The molecule has 0 aliphatic rings. The molecule has 122 valence electrons. The van der Waals surface area contributed by atoms with Crippen molar-refractivity contribution in [3.63, 3.8) is 0 Å². The van der Waals surface area contributed by atoms with Crippen LogP contribution in [0, 0.1) is 0 Å². The molecular formula is C16H24NO4P. The first-order chi connectivity index (χ1) is 10.4. The summed E-state index contributed by atoms with van der Waals surface area (Å²) in [5.41, 5.74) is 0.529. The van der Waals surface area contributed by atoms with Gasteiger partial charge in [-0.05, 0) is 13.0 Å². The second-order valence-corrected chi connectivity index (χ2v) is 6.96. The Morgan fingerprint density at radius 3 is 2.32 bits per heavy atom. The molecule has 0 N–H and O–H groups in total. The molecule has 1 atom stereocenters. The largest absolute Gasteiger partial charge is 0.427 e.